The molecule has 1 N–H and O–H groups in total. The molecule has 0 radical (unpaired) electrons. The molecule has 178 valence electrons. The second kappa shape index (κ2) is 9.99. The number of hydrogen-bond acceptors (Lipinski definition) is 4. The summed E-state index contributed by atoms with van der Waals surface area (Å²) in [4.78, 5) is 16.6. The van der Waals surface area contributed by atoms with Gasteiger partial charge in [-0.25, -0.2) is 4.79 Å². The summed E-state index contributed by atoms with van der Waals surface area (Å²) >= 11 is 1.48. The fraction of sp³-hybridized carbons (Fsp3) is 0.741. The number of nitrogens with zero attached hydrogens (tertiary/aromatic N) is 1. The van der Waals surface area contributed by atoms with Crippen molar-refractivity contribution < 1.29 is 14.6 Å². The molecule has 0 spiro atoms. The van der Waals surface area contributed by atoms with Crippen LogP contribution in [0.2, 0.25) is 0 Å². The van der Waals surface area contributed by atoms with Crippen LogP contribution in [0.25, 0.3) is 5.57 Å². The van der Waals surface area contributed by atoms with Gasteiger partial charge in [-0.1, -0.05) is 46.1 Å². The second-order valence-corrected chi connectivity index (χ2v) is 12.5. The van der Waals surface area contributed by atoms with E-state index < -0.39 is 5.97 Å². The Balaban J connectivity index is 1.65. The highest BCUT2D eigenvalue weighted by Crippen LogP contribution is 2.43. The smallest absolute Gasteiger partial charge is 0.346 e. The third-order valence-corrected chi connectivity index (χ3v) is 9.39. The zero-order valence-electron chi connectivity index (χ0n) is 20.4. The van der Waals surface area contributed by atoms with Crippen LogP contribution in [-0.4, -0.2) is 48.8 Å². The highest BCUT2D eigenvalue weighted by atomic mass is 32.1. The second-order valence-electron chi connectivity index (χ2n) is 11.4. The van der Waals surface area contributed by atoms with Crippen molar-refractivity contribution in [2.45, 2.75) is 78.1 Å². The zero-order valence-corrected chi connectivity index (χ0v) is 21.2. The molecule has 4 nitrogen and oxygen atoms in total. The molecule has 5 heteroatoms. The fourth-order valence-corrected chi connectivity index (χ4v) is 6.74. The van der Waals surface area contributed by atoms with Crippen LogP contribution >= 0.6 is 11.3 Å². The van der Waals surface area contributed by atoms with Crippen molar-refractivity contribution in [3.8, 4) is 0 Å². The summed E-state index contributed by atoms with van der Waals surface area (Å²) in [5.74, 6) is 1.37. The van der Waals surface area contributed by atoms with Gasteiger partial charge in [-0.2, -0.15) is 0 Å². The minimum absolute atomic E-state index is 0.0368. The van der Waals surface area contributed by atoms with E-state index in [2.05, 4.69) is 38.7 Å². The highest BCUT2D eigenvalue weighted by molar-refractivity contribution is 7.14. The standard InChI is InChI=1S/C27H41NO3S/c1-18-5-7-20(8-6-18)21-10-13-28(12-9-19-11-14-31-17-19)16-23(21)22-15-24(27(2,3)4)32-25(22)26(29)30/h15,18-20H,5-14,16-17H2,1-4H3,(H,29,30). The molecule has 2 fully saturated rings. The van der Waals surface area contributed by atoms with Gasteiger partial charge in [-0.05, 0) is 73.5 Å². The Bertz CT molecular complexity index is 836. The molecule has 2 aliphatic heterocycles. The Hall–Kier alpha value is -1.17. The van der Waals surface area contributed by atoms with Crippen LogP contribution in [-0.2, 0) is 10.2 Å². The average Bonchev–Trinajstić information content (AvgIpc) is 3.42. The van der Waals surface area contributed by atoms with E-state index in [4.69, 9.17) is 4.74 Å². The van der Waals surface area contributed by atoms with Crippen molar-refractivity contribution in [1.29, 1.82) is 0 Å². The molecule has 3 aliphatic rings. The van der Waals surface area contributed by atoms with E-state index in [9.17, 15) is 9.90 Å². The molecule has 1 aliphatic carbocycles. The molecule has 0 bridgehead atoms. The van der Waals surface area contributed by atoms with Crippen LogP contribution in [0, 0.1) is 17.8 Å². The van der Waals surface area contributed by atoms with Crippen molar-refractivity contribution in [3.63, 3.8) is 0 Å². The van der Waals surface area contributed by atoms with Crippen LogP contribution < -0.4 is 0 Å². The number of aromatic carboxylic acids is 1. The summed E-state index contributed by atoms with van der Waals surface area (Å²) < 4.78 is 5.58. The molecule has 3 heterocycles. The number of rotatable bonds is 6. The van der Waals surface area contributed by atoms with E-state index in [1.165, 1.54) is 60.3 Å². The lowest BCUT2D eigenvalue weighted by atomic mass is 9.75. The predicted octanol–water partition coefficient (Wildman–Crippen LogP) is 6.46. The Morgan fingerprint density at radius 1 is 1.22 bits per heavy atom. The topological polar surface area (TPSA) is 49.8 Å². The van der Waals surface area contributed by atoms with Gasteiger partial charge >= 0.3 is 5.97 Å². The first-order valence-electron chi connectivity index (χ1n) is 12.6. The molecular formula is C27H41NO3S. The maximum absolute atomic E-state index is 12.3. The molecule has 32 heavy (non-hydrogen) atoms. The number of carboxylic acids is 1. The summed E-state index contributed by atoms with van der Waals surface area (Å²) in [5.41, 5.74) is 3.88. The predicted molar refractivity (Wildman–Crippen MR) is 133 cm³/mol. The quantitative estimate of drug-likeness (QED) is 0.531. The van der Waals surface area contributed by atoms with E-state index in [0.29, 0.717) is 16.7 Å². The normalized spacial score (nSPS) is 27.8. The lowest BCUT2D eigenvalue weighted by Crippen LogP contribution is -2.35. The molecule has 1 saturated carbocycles. The SMILES string of the molecule is CC1CCC(C2=C(c3cc(C(C)(C)C)sc3C(=O)O)CN(CCC3CCOC3)CC2)CC1. The van der Waals surface area contributed by atoms with Crippen LogP contribution in [0.3, 0.4) is 0 Å². The Labute approximate surface area is 198 Å². The fourth-order valence-electron chi connectivity index (χ4n) is 5.66. The number of ether oxygens (including phenoxy) is 1. The summed E-state index contributed by atoms with van der Waals surface area (Å²) in [5, 5.41) is 10.1. The number of thiophene rings is 1. The first kappa shape index (κ1) is 24.0. The van der Waals surface area contributed by atoms with Gasteiger partial charge in [-0.15, -0.1) is 11.3 Å². The van der Waals surface area contributed by atoms with Gasteiger partial charge in [0, 0.05) is 36.7 Å². The monoisotopic (exact) mass is 459 g/mol. The van der Waals surface area contributed by atoms with Gasteiger partial charge in [-0.3, -0.25) is 4.90 Å². The first-order chi connectivity index (χ1) is 15.2. The van der Waals surface area contributed by atoms with Gasteiger partial charge in [0.25, 0.3) is 0 Å². The van der Waals surface area contributed by atoms with E-state index in [1.807, 2.05) is 0 Å². The summed E-state index contributed by atoms with van der Waals surface area (Å²) in [6, 6.07) is 2.21. The van der Waals surface area contributed by atoms with Crippen LogP contribution in [0.15, 0.2) is 11.6 Å². The van der Waals surface area contributed by atoms with Gasteiger partial charge in [0.1, 0.15) is 4.88 Å². The number of hydrogen-bond donors (Lipinski definition) is 1. The maximum Gasteiger partial charge on any atom is 0.346 e. The third kappa shape index (κ3) is 5.48. The van der Waals surface area contributed by atoms with Crippen molar-refractivity contribution in [1.82, 2.24) is 4.90 Å². The molecule has 1 saturated heterocycles. The lowest BCUT2D eigenvalue weighted by Gasteiger charge is -2.37. The first-order valence-corrected chi connectivity index (χ1v) is 13.4. The molecule has 1 aromatic heterocycles. The number of carbonyl (C=O) groups is 1. The van der Waals surface area contributed by atoms with Crippen molar-refractivity contribution in [2.24, 2.45) is 17.8 Å². The highest BCUT2D eigenvalue weighted by Gasteiger charge is 2.32. The minimum Gasteiger partial charge on any atom is -0.477 e. The summed E-state index contributed by atoms with van der Waals surface area (Å²) in [6.45, 7) is 13.8. The van der Waals surface area contributed by atoms with Gasteiger partial charge < -0.3 is 9.84 Å². The Morgan fingerprint density at radius 3 is 2.59 bits per heavy atom. The van der Waals surface area contributed by atoms with Gasteiger partial charge in [0.15, 0.2) is 0 Å². The zero-order chi connectivity index (χ0) is 22.9. The molecule has 0 aromatic carbocycles. The third-order valence-electron chi connectivity index (χ3n) is 7.84. The van der Waals surface area contributed by atoms with Crippen molar-refractivity contribution in [2.75, 3.05) is 32.8 Å². The molecule has 1 atom stereocenters. The maximum atomic E-state index is 12.3. The summed E-state index contributed by atoms with van der Waals surface area (Å²) in [7, 11) is 0. The van der Waals surface area contributed by atoms with Crippen LogP contribution in [0.4, 0.5) is 0 Å². The summed E-state index contributed by atoms with van der Waals surface area (Å²) in [6.07, 6.45) is 8.59. The molecule has 4 rings (SSSR count). The van der Waals surface area contributed by atoms with Gasteiger partial charge in [0.05, 0.1) is 0 Å². The molecule has 1 unspecified atom stereocenters. The van der Waals surface area contributed by atoms with Gasteiger partial charge in [0.2, 0.25) is 0 Å². The van der Waals surface area contributed by atoms with E-state index >= 15 is 0 Å². The average molecular weight is 460 g/mol. The van der Waals surface area contributed by atoms with E-state index in [0.717, 1.165) is 50.8 Å². The lowest BCUT2D eigenvalue weighted by molar-refractivity contribution is 0.0701. The molecule has 0 amide bonds. The minimum atomic E-state index is -0.773. The van der Waals surface area contributed by atoms with E-state index in [-0.39, 0.29) is 5.41 Å². The van der Waals surface area contributed by atoms with Crippen molar-refractivity contribution >= 4 is 22.9 Å². The molecular weight excluding hydrogens is 418 g/mol. The largest absolute Gasteiger partial charge is 0.477 e. The van der Waals surface area contributed by atoms with E-state index in [1.54, 1.807) is 5.57 Å². The Kier molecular flexibility index (Phi) is 7.48. The van der Waals surface area contributed by atoms with Crippen LogP contribution in [0.5, 0.6) is 0 Å². The number of carboxylic acid groups (broad SMARTS) is 1. The Morgan fingerprint density at radius 2 is 1.97 bits per heavy atom. The molecule has 1 aromatic rings. The van der Waals surface area contributed by atoms with Crippen LogP contribution in [0.1, 0.15) is 92.8 Å². The van der Waals surface area contributed by atoms with Crippen molar-refractivity contribution in [3.05, 3.63) is 27.0 Å².